The molecule has 19 heavy (non-hydrogen) atoms. The van der Waals surface area contributed by atoms with E-state index in [4.69, 9.17) is 4.74 Å². The van der Waals surface area contributed by atoms with Crippen molar-refractivity contribution in [2.75, 3.05) is 26.2 Å². The standard InChI is InChI=1S/C14H22N2O3/c1-2-19-14(18)12-10-15-7-8-16(12)13(17)9-11-5-3-4-6-11/h3,5,11-12,15H,2,4,6-10H2,1H3. The van der Waals surface area contributed by atoms with Crippen molar-refractivity contribution in [1.29, 1.82) is 0 Å². The number of allylic oxidation sites excluding steroid dienone is 2. The predicted octanol–water partition coefficient (Wildman–Crippen LogP) is 0.706. The lowest BCUT2D eigenvalue weighted by atomic mass is 10.0. The largest absolute Gasteiger partial charge is 0.464 e. The third kappa shape index (κ3) is 3.56. The molecule has 0 aromatic carbocycles. The van der Waals surface area contributed by atoms with Crippen LogP contribution in [0.2, 0.25) is 0 Å². The molecule has 1 amide bonds. The van der Waals surface area contributed by atoms with Crippen LogP contribution in [0.3, 0.4) is 0 Å². The summed E-state index contributed by atoms with van der Waals surface area (Å²) >= 11 is 0. The summed E-state index contributed by atoms with van der Waals surface area (Å²) in [6, 6.07) is -0.466. The Balaban J connectivity index is 1.95. The lowest BCUT2D eigenvalue weighted by Crippen LogP contribution is -2.57. The van der Waals surface area contributed by atoms with Crippen molar-refractivity contribution < 1.29 is 14.3 Å². The molecule has 0 aromatic heterocycles. The Labute approximate surface area is 114 Å². The number of esters is 1. The third-order valence-corrected chi connectivity index (χ3v) is 3.67. The highest BCUT2D eigenvalue weighted by atomic mass is 16.5. The molecule has 1 saturated heterocycles. The topological polar surface area (TPSA) is 58.6 Å². The molecule has 0 radical (unpaired) electrons. The van der Waals surface area contributed by atoms with Gasteiger partial charge in [-0.05, 0) is 25.7 Å². The van der Waals surface area contributed by atoms with Crippen LogP contribution in [0.15, 0.2) is 12.2 Å². The quantitative estimate of drug-likeness (QED) is 0.601. The fourth-order valence-corrected chi connectivity index (χ4v) is 2.66. The first kappa shape index (κ1) is 14.1. The number of nitrogens with one attached hydrogen (secondary N) is 1. The van der Waals surface area contributed by atoms with Crippen LogP contribution in [0.4, 0.5) is 0 Å². The Morgan fingerprint density at radius 1 is 1.47 bits per heavy atom. The van der Waals surface area contributed by atoms with E-state index in [2.05, 4.69) is 17.5 Å². The van der Waals surface area contributed by atoms with E-state index in [9.17, 15) is 9.59 Å². The molecule has 1 aliphatic carbocycles. The van der Waals surface area contributed by atoms with E-state index in [0.29, 0.717) is 32.0 Å². The van der Waals surface area contributed by atoms with Gasteiger partial charge in [-0.25, -0.2) is 4.79 Å². The molecule has 5 heteroatoms. The molecule has 1 fully saturated rings. The summed E-state index contributed by atoms with van der Waals surface area (Å²) < 4.78 is 5.04. The first-order chi connectivity index (χ1) is 9.22. The van der Waals surface area contributed by atoms with Crippen molar-refractivity contribution in [3.63, 3.8) is 0 Å². The Hall–Kier alpha value is -1.36. The predicted molar refractivity (Wildman–Crippen MR) is 71.5 cm³/mol. The van der Waals surface area contributed by atoms with Gasteiger partial charge >= 0.3 is 5.97 Å². The summed E-state index contributed by atoms with van der Waals surface area (Å²) in [6.07, 6.45) is 6.84. The van der Waals surface area contributed by atoms with Crippen molar-refractivity contribution in [3.8, 4) is 0 Å². The Morgan fingerprint density at radius 2 is 2.32 bits per heavy atom. The molecule has 2 atom stereocenters. The van der Waals surface area contributed by atoms with Crippen LogP contribution >= 0.6 is 0 Å². The molecule has 0 spiro atoms. The van der Waals surface area contributed by atoms with Gasteiger partial charge in [0, 0.05) is 26.1 Å². The molecule has 5 nitrogen and oxygen atoms in total. The zero-order valence-electron chi connectivity index (χ0n) is 11.4. The van der Waals surface area contributed by atoms with Gasteiger partial charge in [0.15, 0.2) is 0 Å². The zero-order valence-corrected chi connectivity index (χ0v) is 11.4. The minimum Gasteiger partial charge on any atom is -0.464 e. The second-order valence-electron chi connectivity index (χ2n) is 5.03. The number of carbonyl (C=O) groups is 2. The van der Waals surface area contributed by atoms with Gasteiger partial charge in [0.25, 0.3) is 0 Å². The lowest BCUT2D eigenvalue weighted by Gasteiger charge is -2.35. The average molecular weight is 266 g/mol. The van der Waals surface area contributed by atoms with E-state index in [1.165, 1.54) is 0 Å². The van der Waals surface area contributed by atoms with Crippen molar-refractivity contribution >= 4 is 11.9 Å². The summed E-state index contributed by atoms with van der Waals surface area (Å²) in [5.74, 6) is 0.103. The zero-order chi connectivity index (χ0) is 13.7. The van der Waals surface area contributed by atoms with Gasteiger partial charge in [-0.2, -0.15) is 0 Å². The van der Waals surface area contributed by atoms with E-state index in [1.807, 2.05) is 0 Å². The summed E-state index contributed by atoms with van der Waals surface area (Å²) in [5.41, 5.74) is 0. The van der Waals surface area contributed by atoms with Crippen molar-refractivity contribution in [2.24, 2.45) is 5.92 Å². The maximum atomic E-state index is 12.3. The smallest absolute Gasteiger partial charge is 0.330 e. The molecule has 0 saturated carbocycles. The number of piperazine rings is 1. The van der Waals surface area contributed by atoms with E-state index in [-0.39, 0.29) is 11.9 Å². The summed E-state index contributed by atoms with van der Waals surface area (Å²) in [6.45, 7) is 3.94. The fourth-order valence-electron chi connectivity index (χ4n) is 2.66. The minimum atomic E-state index is -0.466. The van der Waals surface area contributed by atoms with Gasteiger partial charge in [0.2, 0.25) is 5.91 Å². The van der Waals surface area contributed by atoms with Crippen LogP contribution in [-0.4, -0.2) is 49.1 Å². The molecule has 2 aliphatic rings. The number of hydrogen-bond donors (Lipinski definition) is 1. The molecule has 2 unspecified atom stereocenters. The van der Waals surface area contributed by atoms with Gasteiger partial charge < -0.3 is 15.0 Å². The molecular formula is C14H22N2O3. The number of ether oxygens (including phenoxy) is 1. The maximum Gasteiger partial charge on any atom is 0.330 e. The highest BCUT2D eigenvalue weighted by Gasteiger charge is 2.33. The molecule has 1 aliphatic heterocycles. The van der Waals surface area contributed by atoms with Crippen LogP contribution in [0.25, 0.3) is 0 Å². The summed E-state index contributed by atoms with van der Waals surface area (Å²) in [4.78, 5) is 25.9. The summed E-state index contributed by atoms with van der Waals surface area (Å²) in [7, 11) is 0. The van der Waals surface area contributed by atoms with E-state index in [0.717, 1.165) is 19.4 Å². The van der Waals surface area contributed by atoms with Crippen molar-refractivity contribution in [1.82, 2.24) is 10.2 Å². The second kappa shape index (κ2) is 6.70. The van der Waals surface area contributed by atoms with E-state index in [1.54, 1.807) is 11.8 Å². The Kier molecular flexibility index (Phi) is 4.96. The Morgan fingerprint density at radius 3 is 3.00 bits per heavy atom. The van der Waals surface area contributed by atoms with Crippen LogP contribution in [0, 0.1) is 5.92 Å². The molecule has 0 bridgehead atoms. The molecule has 2 rings (SSSR count). The van der Waals surface area contributed by atoms with Gasteiger partial charge in [0.1, 0.15) is 6.04 Å². The number of rotatable bonds is 4. The monoisotopic (exact) mass is 266 g/mol. The normalized spacial score (nSPS) is 26.5. The number of carbonyl (C=O) groups excluding carboxylic acids is 2. The summed E-state index contributed by atoms with van der Waals surface area (Å²) in [5, 5.41) is 3.14. The minimum absolute atomic E-state index is 0.0658. The van der Waals surface area contributed by atoms with Crippen molar-refractivity contribution in [3.05, 3.63) is 12.2 Å². The second-order valence-corrected chi connectivity index (χ2v) is 5.03. The van der Waals surface area contributed by atoms with Gasteiger partial charge in [-0.1, -0.05) is 12.2 Å². The van der Waals surface area contributed by atoms with Gasteiger partial charge in [-0.3, -0.25) is 4.79 Å². The number of nitrogens with zero attached hydrogens (tertiary/aromatic N) is 1. The van der Waals surface area contributed by atoms with Crippen LogP contribution < -0.4 is 5.32 Å². The third-order valence-electron chi connectivity index (χ3n) is 3.67. The van der Waals surface area contributed by atoms with Gasteiger partial charge in [0.05, 0.1) is 6.61 Å². The van der Waals surface area contributed by atoms with Crippen LogP contribution in [0.5, 0.6) is 0 Å². The average Bonchev–Trinajstić information content (AvgIpc) is 2.92. The fraction of sp³-hybridized carbons (Fsp3) is 0.714. The highest BCUT2D eigenvalue weighted by Crippen LogP contribution is 2.22. The number of amides is 1. The highest BCUT2D eigenvalue weighted by molar-refractivity contribution is 5.85. The van der Waals surface area contributed by atoms with E-state index < -0.39 is 6.04 Å². The molecule has 106 valence electrons. The first-order valence-electron chi connectivity index (χ1n) is 7.06. The van der Waals surface area contributed by atoms with E-state index >= 15 is 0 Å². The SMILES string of the molecule is CCOC(=O)C1CNCCN1C(=O)CC1C=CCC1. The molecule has 1 heterocycles. The van der Waals surface area contributed by atoms with Crippen LogP contribution in [-0.2, 0) is 14.3 Å². The van der Waals surface area contributed by atoms with Gasteiger partial charge in [-0.15, -0.1) is 0 Å². The Bertz CT molecular complexity index is 368. The van der Waals surface area contributed by atoms with Crippen molar-refractivity contribution in [2.45, 2.75) is 32.2 Å². The lowest BCUT2D eigenvalue weighted by molar-refractivity contribution is -0.156. The van der Waals surface area contributed by atoms with Crippen LogP contribution in [0.1, 0.15) is 26.2 Å². The molecular weight excluding hydrogens is 244 g/mol. The number of hydrogen-bond acceptors (Lipinski definition) is 4. The molecule has 0 aromatic rings. The molecule has 1 N–H and O–H groups in total. The first-order valence-corrected chi connectivity index (χ1v) is 7.06. The maximum absolute atomic E-state index is 12.3.